The van der Waals surface area contributed by atoms with Crippen LogP contribution in [0, 0.1) is 0 Å². The quantitative estimate of drug-likeness (QED) is 0.134. The van der Waals surface area contributed by atoms with Crippen LogP contribution in [0.5, 0.6) is 0 Å². The molecule has 0 radical (unpaired) electrons. The van der Waals surface area contributed by atoms with E-state index in [9.17, 15) is 0 Å². The molecule has 84 heavy (non-hydrogen) atoms. The van der Waals surface area contributed by atoms with Crippen LogP contribution in [0.1, 0.15) is 79.0 Å². The summed E-state index contributed by atoms with van der Waals surface area (Å²) in [6, 6.07) is 79.2. The van der Waals surface area contributed by atoms with E-state index in [4.69, 9.17) is 4.42 Å². The van der Waals surface area contributed by atoms with Crippen LogP contribution >= 0.6 is 11.3 Å². The summed E-state index contributed by atoms with van der Waals surface area (Å²) in [5, 5.41) is 1.20. The molecule has 6 nitrogen and oxygen atoms in total. The number of benzene rings is 9. The lowest BCUT2D eigenvalue weighted by Gasteiger charge is -2.44. The summed E-state index contributed by atoms with van der Waals surface area (Å²) in [4.78, 5) is 16.9. The number of thiophene rings is 1. The molecule has 0 amide bonds. The standard InChI is InChI=1S/C76H66BN5OS/c1-74(2,3)55-24-30-58(31-25-55)80(59-32-26-56(27-33-59)75(4,5)6)61-36-37-64-66(45-61)81(60-34-28-57(29-35-60)76(7,8)9)67-43-53(54-46-78-48-79-47-54)44-68-71(67)77(64)73-72(63-41-51(23-39-70(63)84-73)49-17-12-10-13-18-49)82(68)65-38-22-52(69-21-16-40-83-69)42-62(65)50-19-14-11-15-20-50/h10-48H,1-9H3. The molecule has 9 aromatic carbocycles. The fourth-order valence-corrected chi connectivity index (χ4v) is 13.8. The van der Waals surface area contributed by atoms with Crippen LogP contribution in [0.3, 0.4) is 0 Å². The lowest BCUT2D eigenvalue weighted by atomic mass is 9.36. The molecule has 5 heterocycles. The van der Waals surface area contributed by atoms with Crippen LogP contribution in [0.15, 0.2) is 242 Å². The van der Waals surface area contributed by atoms with Crippen LogP contribution < -0.4 is 30.4 Å². The molecule has 410 valence electrons. The average molecular weight is 1110 g/mol. The van der Waals surface area contributed by atoms with Gasteiger partial charge < -0.3 is 19.1 Å². The highest BCUT2D eigenvalue weighted by Gasteiger charge is 2.46. The third-order valence-corrected chi connectivity index (χ3v) is 18.2. The number of furan rings is 1. The lowest BCUT2D eigenvalue weighted by Crippen LogP contribution is -2.60. The van der Waals surface area contributed by atoms with Gasteiger partial charge >= 0.3 is 0 Å². The first-order valence-corrected chi connectivity index (χ1v) is 30.0. The van der Waals surface area contributed by atoms with E-state index >= 15 is 0 Å². The second-order valence-electron chi connectivity index (χ2n) is 25.6. The van der Waals surface area contributed by atoms with Crippen molar-refractivity contribution in [1.29, 1.82) is 0 Å². The lowest BCUT2D eigenvalue weighted by molar-refractivity contribution is 0.582. The van der Waals surface area contributed by atoms with Crippen molar-refractivity contribution in [2.45, 2.75) is 78.6 Å². The van der Waals surface area contributed by atoms with E-state index in [1.165, 1.54) is 59.3 Å². The number of aromatic nitrogens is 2. The second-order valence-corrected chi connectivity index (χ2v) is 26.7. The zero-order chi connectivity index (χ0) is 57.6. The highest BCUT2D eigenvalue weighted by molar-refractivity contribution is 7.33. The average Bonchev–Trinajstić information content (AvgIpc) is 1.26. The molecule has 2 aliphatic rings. The SMILES string of the molecule is CC(C)(C)c1ccc(N(c2ccc(C(C)(C)C)cc2)c2ccc3c(c2)N(c2ccc(C(C)(C)C)cc2)c2cc(-c4cncnc4)cc4c2B3c2sc3ccc(-c5ccccc5)cc3c2N4c2ccc(-c3ccco3)cc2-c2ccccc2)cc1. The van der Waals surface area contributed by atoms with Gasteiger partial charge in [-0.3, -0.25) is 0 Å². The normalized spacial score (nSPS) is 13.0. The van der Waals surface area contributed by atoms with E-state index in [1.54, 1.807) is 12.6 Å². The van der Waals surface area contributed by atoms with Crippen molar-refractivity contribution in [3.63, 3.8) is 0 Å². The Morgan fingerprint density at radius 3 is 1.61 bits per heavy atom. The number of hydrogen-bond acceptors (Lipinski definition) is 7. The van der Waals surface area contributed by atoms with Gasteiger partial charge in [-0.05, 0) is 169 Å². The Kier molecular flexibility index (Phi) is 12.8. The fourth-order valence-electron chi connectivity index (χ4n) is 12.5. The summed E-state index contributed by atoms with van der Waals surface area (Å²) < 4.78 is 8.63. The van der Waals surface area contributed by atoms with Gasteiger partial charge in [-0.25, -0.2) is 9.97 Å². The van der Waals surface area contributed by atoms with Gasteiger partial charge in [0.1, 0.15) is 12.1 Å². The number of fused-ring (bicyclic) bond motifs is 6. The van der Waals surface area contributed by atoms with Crippen LogP contribution in [0.4, 0.5) is 51.2 Å². The van der Waals surface area contributed by atoms with Crippen molar-refractivity contribution >= 4 is 95.0 Å². The summed E-state index contributed by atoms with van der Waals surface area (Å²) in [6.45, 7) is 20.4. The van der Waals surface area contributed by atoms with Crippen LogP contribution in [-0.4, -0.2) is 16.7 Å². The maximum Gasteiger partial charge on any atom is 0.264 e. The van der Waals surface area contributed by atoms with E-state index in [1.807, 2.05) is 35.9 Å². The van der Waals surface area contributed by atoms with Gasteiger partial charge in [0, 0.05) is 83.8 Å². The van der Waals surface area contributed by atoms with E-state index in [2.05, 4.69) is 287 Å². The maximum absolute atomic E-state index is 6.11. The third-order valence-electron chi connectivity index (χ3n) is 17.0. The zero-order valence-corrected chi connectivity index (χ0v) is 50.0. The van der Waals surface area contributed by atoms with Crippen LogP contribution in [0.25, 0.3) is 54.8 Å². The smallest absolute Gasteiger partial charge is 0.264 e. The monoisotopic (exact) mass is 1110 g/mol. The van der Waals surface area contributed by atoms with E-state index in [-0.39, 0.29) is 23.0 Å². The van der Waals surface area contributed by atoms with Crippen molar-refractivity contribution in [3.8, 4) is 44.7 Å². The summed E-state index contributed by atoms with van der Waals surface area (Å²) in [5.41, 5.74) is 23.7. The minimum Gasteiger partial charge on any atom is -0.464 e. The summed E-state index contributed by atoms with van der Waals surface area (Å²) in [5.74, 6) is 0.821. The summed E-state index contributed by atoms with van der Waals surface area (Å²) in [6.07, 6.45) is 7.27. The van der Waals surface area contributed by atoms with Gasteiger partial charge in [-0.1, -0.05) is 172 Å². The Morgan fingerprint density at radius 2 is 1.01 bits per heavy atom. The third kappa shape index (κ3) is 9.30. The molecule has 12 aromatic rings. The molecule has 0 fully saturated rings. The minimum atomic E-state index is -0.151. The molecule has 8 heteroatoms. The Balaban J connectivity index is 1.09. The van der Waals surface area contributed by atoms with Gasteiger partial charge in [0.15, 0.2) is 0 Å². The van der Waals surface area contributed by atoms with Crippen molar-refractivity contribution in [1.82, 2.24) is 9.97 Å². The molecule has 0 spiro atoms. The molecule has 0 N–H and O–H groups in total. The van der Waals surface area contributed by atoms with Crippen molar-refractivity contribution < 1.29 is 4.42 Å². The summed E-state index contributed by atoms with van der Waals surface area (Å²) >= 11 is 1.91. The van der Waals surface area contributed by atoms with E-state index in [0.717, 1.165) is 79.1 Å². The number of rotatable bonds is 9. The summed E-state index contributed by atoms with van der Waals surface area (Å²) in [7, 11) is 0. The predicted molar refractivity (Wildman–Crippen MR) is 356 cm³/mol. The van der Waals surface area contributed by atoms with Crippen LogP contribution in [-0.2, 0) is 16.2 Å². The van der Waals surface area contributed by atoms with Gasteiger partial charge in [0.05, 0.1) is 17.6 Å². The topological polar surface area (TPSA) is 48.6 Å². The Labute approximate surface area is 498 Å². The first-order chi connectivity index (χ1) is 40.5. The highest BCUT2D eigenvalue weighted by atomic mass is 32.1. The molecule has 14 rings (SSSR count). The van der Waals surface area contributed by atoms with Crippen LogP contribution in [0.2, 0.25) is 0 Å². The molecule has 3 aromatic heterocycles. The molecule has 0 saturated heterocycles. The largest absolute Gasteiger partial charge is 0.464 e. The number of anilines is 9. The highest BCUT2D eigenvalue weighted by Crippen LogP contribution is 2.53. The predicted octanol–water partition coefficient (Wildman–Crippen LogP) is 19.4. The van der Waals surface area contributed by atoms with Gasteiger partial charge in [0.2, 0.25) is 0 Å². The molecule has 2 aliphatic heterocycles. The van der Waals surface area contributed by atoms with Gasteiger partial charge in [-0.15, -0.1) is 11.3 Å². The molecule has 0 saturated carbocycles. The molecule has 0 bridgehead atoms. The van der Waals surface area contributed by atoms with E-state index < -0.39 is 0 Å². The molecular formula is C76H66BN5OS. The van der Waals surface area contributed by atoms with Gasteiger partial charge in [-0.2, -0.15) is 0 Å². The number of nitrogens with zero attached hydrogens (tertiary/aromatic N) is 5. The van der Waals surface area contributed by atoms with Crippen molar-refractivity contribution in [2.24, 2.45) is 0 Å². The Bertz CT molecular complexity index is 4350. The van der Waals surface area contributed by atoms with E-state index in [0.29, 0.717) is 0 Å². The maximum atomic E-state index is 6.11. The van der Waals surface area contributed by atoms with Gasteiger partial charge in [0.25, 0.3) is 6.71 Å². The molecular weight excluding hydrogens is 1040 g/mol. The number of hydrogen-bond donors (Lipinski definition) is 0. The second kappa shape index (κ2) is 20.3. The van der Waals surface area contributed by atoms with Crippen molar-refractivity contribution in [3.05, 3.63) is 254 Å². The molecule has 0 unspecified atom stereocenters. The van der Waals surface area contributed by atoms with Crippen molar-refractivity contribution in [2.75, 3.05) is 14.7 Å². The first-order valence-electron chi connectivity index (χ1n) is 29.2. The molecule has 0 aliphatic carbocycles. The Morgan fingerprint density at radius 1 is 0.440 bits per heavy atom. The molecule has 0 atom stereocenters. The Hall–Kier alpha value is -9.24. The minimum absolute atomic E-state index is 0.000196. The fraction of sp³-hybridized carbons (Fsp3) is 0.158. The zero-order valence-electron chi connectivity index (χ0n) is 49.1. The first kappa shape index (κ1) is 52.8.